The molecule has 73 heavy (non-hydrogen) atoms. The van der Waals surface area contributed by atoms with Crippen molar-refractivity contribution in [3.63, 3.8) is 0 Å². The van der Waals surface area contributed by atoms with Crippen molar-refractivity contribution < 1.29 is 24.5 Å². The standard InChI is InChI=1S/C67H127NO5/c1-3-5-7-9-11-13-15-17-19-20-21-22-23-24-25-26-27-29-32-35-39-43-47-51-55-59-65(70)64(63-69)68-66(71)60-56-52-48-44-40-36-33-30-28-31-34-38-42-46-50-54-58-62-73-67(72)61-57-53-49-45-41-37-18-16-14-12-10-8-6-4-2/h10,12,16,18,28,31,64-65,69-70H,3-9,11,13-15,17,19-27,29-30,32-63H2,1-2H3,(H,68,71)/b12-10-,18-16-,31-28-. The summed E-state index contributed by atoms with van der Waals surface area (Å²) in [4.78, 5) is 24.6. The van der Waals surface area contributed by atoms with Gasteiger partial charge in [0.25, 0.3) is 0 Å². The van der Waals surface area contributed by atoms with Gasteiger partial charge in [0, 0.05) is 12.8 Å². The molecule has 2 atom stereocenters. The van der Waals surface area contributed by atoms with E-state index in [2.05, 4.69) is 55.6 Å². The molecule has 0 aromatic heterocycles. The minimum Gasteiger partial charge on any atom is -0.466 e. The molecule has 0 rings (SSSR count). The van der Waals surface area contributed by atoms with Gasteiger partial charge < -0.3 is 20.3 Å². The highest BCUT2D eigenvalue weighted by atomic mass is 16.5. The first-order valence-corrected chi connectivity index (χ1v) is 32.7. The highest BCUT2D eigenvalue weighted by Gasteiger charge is 2.20. The minimum absolute atomic E-state index is 0.0158. The molecular weight excluding hydrogens is 899 g/mol. The van der Waals surface area contributed by atoms with Gasteiger partial charge in [-0.15, -0.1) is 0 Å². The number of allylic oxidation sites excluding steroid dienone is 6. The van der Waals surface area contributed by atoms with Crippen molar-refractivity contribution >= 4 is 11.9 Å². The SMILES string of the molecule is CCCC/C=C\C/C=C\CCCCCCCC(=O)OCCCCCCCC/C=C\CCCCCCCCCC(=O)NC(CO)C(O)CCCCCCCCCCCCCCCCCCCCCCCCCCC. The van der Waals surface area contributed by atoms with Crippen LogP contribution in [0.25, 0.3) is 0 Å². The monoisotopic (exact) mass is 1030 g/mol. The molecule has 6 heteroatoms. The number of carbonyl (C=O) groups excluding carboxylic acids is 2. The van der Waals surface area contributed by atoms with Crippen molar-refractivity contribution in [3.05, 3.63) is 36.5 Å². The lowest BCUT2D eigenvalue weighted by Crippen LogP contribution is -2.45. The molecule has 0 saturated carbocycles. The largest absolute Gasteiger partial charge is 0.466 e. The second-order valence-corrected chi connectivity index (χ2v) is 22.4. The van der Waals surface area contributed by atoms with Crippen molar-refractivity contribution in [1.29, 1.82) is 0 Å². The predicted octanol–water partition coefficient (Wildman–Crippen LogP) is 20.8. The second-order valence-electron chi connectivity index (χ2n) is 22.4. The van der Waals surface area contributed by atoms with E-state index in [1.165, 1.54) is 257 Å². The number of carbonyl (C=O) groups is 2. The lowest BCUT2D eigenvalue weighted by molar-refractivity contribution is -0.143. The lowest BCUT2D eigenvalue weighted by Gasteiger charge is -2.22. The fourth-order valence-corrected chi connectivity index (χ4v) is 10.1. The molecule has 0 saturated heterocycles. The molecular formula is C67H127NO5. The maximum Gasteiger partial charge on any atom is 0.305 e. The van der Waals surface area contributed by atoms with E-state index in [-0.39, 0.29) is 18.5 Å². The van der Waals surface area contributed by atoms with Crippen LogP contribution in [0.5, 0.6) is 0 Å². The number of hydrogen-bond acceptors (Lipinski definition) is 5. The van der Waals surface area contributed by atoms with Gasteiger partial charge in [0.05, 0.1) is 25.4 Å². The van der Waals surface area contributed by atoms with E-state index in [0.717, 1.165) is 64.2 Å². The predicted molar refractivity (Wildman–Crippen MR) is 319 cm³/mol. The number of esters is 1. The summed E-state index contributed by atoms with van der Waals surface area (Å²) >= 11 is 0. The second kappa shape index (κ2) is 62.6. The molecule has 0 spiro atoms. The van der Waals surface area contributed by atoms with Crippen molar-refractivity contribution in [3.8, 4) is 0 Å². The van der Waals surface area contributed by atoms with Gasteiger partial charge in [-0.05, 0) is 77.0 Å². The number of rotatable bonds is 61. The molecule has 3 N–H and O–H groups in total. The van der Waals surface area contributed by atoms with E-state index in [4.69, 9.17) is 4.74 Å². The van der Waals surface area contributed by atoms with E-state index < -0.39 is 12.1 Å². The van der Waals surface area contributed by atoms with Crippen molar-refractivity contribution in [1.82, 2.24) is 5.32 Å². The van der Waals surface area contributed by atoms with Gasteiger partial charge in [-0.1, -0.05) is 301 Å². The third kappa shape index (κ3) is 59.2. The summed E-state index contributed by atoms with van der Waals surface area (Å²) < 4.78 is 5.46. The number of ether oxygens (including phenoxy) is 1. The smallest absolute Gasteiger partial charge is 0.305 e. The zero-order chi connectivity index (χ0) is 52.9. The Morgan fingerprint density at radius 1 is 0.384 bits per heavy atom. The van der Waals surface area contributed by atoms with Crippen LogP contribution in [0.1, 0.15) is 354 Å². The van der Waals surface area contributed by atoms with Crippen LogP contribution in [-0.2, 0) is 14.3 Å². The lowest BCUT2D eigenvalue weighted by atomic mass is 10.0. The Hall–Kier alpha value is -1.92. The van der Waals surface area contributed by atoms with Crippen LogP contribution in [0.15, 0.2) is 36.5 Å². The zero-order valence-electron chi connectivity index (χ0n) is 49.1. The normalized spacial score (nSPS) is 12.8. The molecule has 1 amide bonds. The Kier molecular flexibility index (Phi) is 61.0. The van der Waals surface area contributed by atoms with Gasteiger partial charge in [0.15, 0.2) is 0 Å². The molecule has 0 aliphatic rings. The van der Waals surface area contributed by atoms with E-state index in [9.17, 15) is 19.8 Å². The topological polar surface area (TPSA) is 95.9 Å². The highest BCUT2D eigenvalue weighted by Crippen LogP contribution is 2.18. The highest BCUT2D eigenvalue weighted by molar-refractivity contribution is 5.76. The molecule has 2 unspecified atom stereocenters. The quantitative estimate of drug-likeness (QED) is 0.0320. The van der Waals surface area contributed by atoms with Gasteiger partial charge in [0.1, 0.15) is 0 Å². The van der Waals surface area contributed by atoms with Gasteiger partial charge in [-0.25, -0.2) is 0 Å². The van der Waals surface area contributed by atoms with Crippen molar-refractivity contribution in [2.24, 2.45) is 0 Å². The van der Waals surface area contributed by atoms with Crippen LogP contribution in [0.2, 0.25) is 0 Å². The fourth-order valence-electron chi connectivity index (χ4n) is 10.1. The van der Waals surface area contributed by atoms with Crippen molar-refractivity contribution in [2.45, 2.75) is 366 Å². The molecule has 0 aromatic carbocycles. The molecule has 6 nitrogen and oxygen atoms in total. The maximum atomic E-state index is 12.5. The summed E-state index contributed by atoms with van der Waals surface area (Å²) in [6, 6.07) is -0.553. The summed E-state index contributed by atoms with van der Waals surface area (Å²) in [5.41, 5.74) is 0. The van der Waals surface area contributed by atoms with Crippen LogP contribution < -0.4 is 5.32 Å². The van der Waals surface area contributed by atoms with E-state index in [1.807, 2.05) is 0 Å². The van der Waals surface area contributed by atoms with E-state index in [1.54, 1.807) is 0 Å². The van der Waals surface area contributed by atoms with E-state index in [0.29, 0.717) is 25.9 Å². The van der Waals surface area contributed by atoms with Gasteiger partial charge in [-0.3, -0.25) is 9.59 Å². The van der Waals surface area contributed by atoms with Crippen LogP contribution in [0.4, 0.5) is 0 Å². The van der Waals surface area contributed by atoms with Gasteiger partial charge in [0.2, 0.25) is 5.91 Å². The number of unbranched alkanes of at least 4 members (excludes halogenated alkanes) is 44. The first-order valence-electron chi connectivity index (χ1n) is 32.7. The van der Waals surface area contributed by atoms with Crippen LogP contribution in [0, 0.1) is 0 Å². The van der Waals surface area contributed by atoms with Crippen LogP contribution in [-0.4, -0.2) is 47.4 Å². The number of amides is 1. The third-order valence-electron chi connectivity index (χ3n) is 15.2. The Balaban J connectivity index is 3.45. The molecule has 0 aliphatic heterocycles. The van der Waals surface area contributed by atoms with Gasteiger partial charge >= 0.3 is 5.97 Å². The average Bonchev–Trinajstić information content (AvgIpc) is 3.39. The number of hydrogen-bond donors (Lipinski definition) is 3. The molecule has 0 aliphatic carbocycles. The number of nitrogens with one attached hydrogen (secondary N) is 1. The molecule has 0 bridgehead atoms. The Bertz CT molecular complexity index is 1180. The summed E-state index contributed by atoms with van der Waals surface area (Å²) in [5, 5.41) is 23.4. The molecule has 0 fully saturated rings. The Labute approximate surface area is 455 Å². The Morgan fingerprint density at radius 3 is 1.10 bits per heavy atom. The zero-order valence-corrected chi connectivity index (χ0v) is 49.1. The molecule has 0 radical (unpaired) electrons. The molecule has 0 aromatic rings. The summed E-state index contributed by atoms with van der Waals surface area (Å²) in [6.45, 7) is 4.91. The summed E-state index contributed by atoms with van der Waals surface area (Å²) in [7, 11) is 0. The average molecular weight is 1030 g/mol. The minimum atomic E-state index is -0.675. The first kappa shape index (κ1) is 71.1. The number of aliphatic hydroxyl groups is 2. The van der Waals surface area contributed by atoms with Crippen LogP contribution >= 0.6 is 0 Å². The molecule has 430 valence electrons. The van der Waals surface area contributed by atoms with Gasteiger partial charge in [-0.2, -0.15) is 0 Å². The fraction of sp³-hybridized carbons (Fsp3) is 0.881. The summed E-state index contributed by atoms with van der Waals surface area (Å²) in [6.07, 6.45) is 78.8. The van der Waals surface area contributed by atoms with Crippen LogP contribution in [0.3, 0.4) is 0 Å². The first-order chi connectivity index (χ1) is 36.0. The maximum absolute atomic E-state index is 12.5. The van der Waals surface area contributed by atoms with E-state index >= 15 is 0 Å². The Morgan fingerprint density at radius 2 is 0.699 bits per heavy atom. The van der Waals surface area contributed by atoms with Crippen molar-refractivity contribution in [2.75, 3.05) is 13.2 Å². The molecule has 0 heterocycles. The number of aliphatic hydroxyl groups excluding tert-OH is 2. The summed E-state index contributed by atoms with van der Waals surface area (Å²) in [5.74, 6) is -0.0598. The third-order valence-corrected chi connectivity index (χ3v) is 15.2.